The van der Waals surface area contributed by atoms with Crippen LogP contribution in [-0.4, -0.2) is 30.7 Å². The Bertz CT molecular complexity index is 389. The van der Waals surface area contributed by atoms with Crippen LogP contribution in [0.15, 0.2) is 12.3 Å². The van der Waals surface area contributed by atoms with Crippen molar-refractivity contribution in [1.29, 1.82) is 0 Å². The number of fused-ring (bicyclic) bond motifs is 1. The molecular weight excluding hydrogens is 230 g/mol. The molecule has 2 aliphatic rings. The van der Waals surface area contributed by atoms with Crippen LogP contribution in [0.2, 0.25) is 0 Å². The zero-order chi connectivity index (χ0) is 11.4. The van der Waals surface area contributed by atoms with Crippen LogP contribution in [0.4, 0.5) is 0 Å². The van der Waals surface area contributed by atoms with Crippen molar-refractivity contribution in [2.45, 2.75) is 31.7 Å². The SMILES string of the molecule is C=C1NN2C(=S)SC(C)(C)[C@H]2[N+]([O-])=C1C. The Kier molecular flexibility index (Phi) is 2.24. The quantitative estimate of drug-likeness (QED) is 0.396. The number of rotatable bonds is 0. The summed E-state index contributed by atoms with van der Waals surface area (Å²) in [6.07, 6.45) is -0.291. The largest absolute Gasteiger partial charge is 0.622 e. The fraction of sp³-hybridized carbons (Fsp3) is 0.556. The highest BCUT2D eigenvalue weighted by Crippen LogP contribution is 2.41. The van der Waals surface area contributed by atoms with Gasteiger partial charge in [0, 0.05) is 6.92 Å². The van der Waals surface area contributed by atoms with E-state index in [1.807, 2.05) is 13.8 Å². The summed E-state index contributed by atoms with van der Waals surface area (Å²) in [6, 6.07) is 0. The first kappa shape index (κ1) is 10.8. The summed E-state index contributed by atoms with van der Waals surface area (Å²) in [4.78, 5) is 0. The molecule has 0 bridgehead atoms. The van der Waals surface area contributed by atoms with Crippen LogP contribution in [-0.2, 0) is 0 Å². The van der Waals surface area contributed by atoms with Crippen molar-refractivity contribution in [3.8, 4) is 0 Å². The molecule has 6 heteroatoms. The van der Waals surface area contributed by atoms with Gasteiger partial charge in [-0.25, -0.2) is 5.01 Å². The molecule has 0 spiro atoms. The predicted molar refractivity (Wildman–Crippen MR) is 66.5 cm³/mol. The number of hydrogen-bond acceptors (Lipinski definition) is 4. The molecule has 2 rings (SSSR count). The molecule has 0 saturated carbocycles. The summed E-state index contributed by atoms with van der Waals surface area (Å²) >= 11 is 6.76. The number of allylic oxidation sites excluding steroid dienone is 1. The van der Waals surface area contributed by atoms with Gasteiger partial charge in [0.05, 0.1) is 0 Å². The fourth-order valence-corrected chi connectivity index (χ4v) is 3.56. The van der Waals surface area contributed by atoms with E-state index in [1.54, 1.807) is 11.9 Å². The van der Waals surface area contributed by atoms with Crippen molar-refractivity contribution in [3.63, 3.8) is 0 Å². The van der Waals surface area contributed by atoms with Crippen molar-refractivity contribution in [1.82, 2.24) is 10.4 Å². The third-order valence-electron chi connectivity index (χ3n) is 2.66. The van der Waals surface area contributed by atoms with Crippen LogP contribution in [0.1, 0.15) is 20.8 Å². The average Bonchev–Trinajstić information content (AvgIpc) is 2.33. The molecule has 0 radical (unpaired) electrons. The second-order valence-electron chi connectivity index (χ2n) is 4.22. The minimum atomic E-state index is -0.291. The molecule has 2 aliphatic heterocycles. The first-order valence-electron chi connectivity index (χ1n) is 4.62. The van der Waals surface area contributed by atoms with Crippen molar-refractivity contribution in [2.75, 3.05) is 0 Å². The molecule has 2 heterocycles. The molecule has 0 unspecified atom stereocenters. The highest BCUT2D eigenvalue weighted by Gasteiger charge is 2.53. The number of nitrogens with zero attached hydrogens (tertiary/aromatic N) is 2. The zero-order valence-corrected chi connectivity index (χ0v) is 10.5. The molecule has 0 aromatic heterocycles. The number of hydrazine groups is 1. The normalized spacial score (nSPS) is 29.3. The van der Waals surface area contributed by atoms with E-state index in [4.69, 9.17) is 12.2 Å². The molecule has 1 saturated heterocycles. The Morgan fingerprint density at radius 1 is 1.67 bits per heavy atom. The highest BCUT2D eigenvalue weighted by atomic mass is 32.2. The maximum Gasteiger partial charge on any atom is 0.271 e. The van der Waals surface area contributed by atoms with Gasteiger partial charge in [0.25, 0.3) is 6.17 Å². The monoisotopic (exact) mass is 243 g/mol. The van der Waals surface area contributed by atoms with Crippen LogP contribution in [0.3, 0.4) is 0 Å². The molecule has 15 heavy (non-hydrogen) atoms. The third kappa shape index (κ3) is 1.43. The van der Waals surface area contributed by atoms with Gasteiger partial charge in [-0.1, -0.05) is 30.6 Å². The molecular formula is C9H13N3OS2. The highest BCUT2D eigenvalue weighted by molar-refractivity contribution is 8.24. The van der Waals surface area contributed by atoms with Crippen molar-refractivity contribution < 1.29 is 4.74 Å². The summed E-state index contributed by atoms with van der Waals surface area (Å²) in [5.41, 5.74) is 4.29. The molecule has 0 aliphatic carbocycles. The van der Waals surface area contributed by atoms with E-state index in [1.165, 1.54) is 11.8 Å². The Morgan fingerprint density at radius 3 is 2.87 bits per heavy atom. The maximum atomic E-state index is 12.0. The topological polar surface area (TPSA) is 41.3 Å². The van der Waals surface area contributed by atoms with Crippen molar-refractivity contribution in [3.05, 3.63) is 17.5 Å². The Balaban J connectivity index is 2.51. The number of thiocarbonyl (C=S) groups is 1. The predicted octanol–water partition coefficient (Wildman–Crippen LogP) is 1.43. The molecule has 1 atom stereocenters. The lowest BCUT2D eigenvalue weighted by atomic mass is 10.1. The summed E-state index contributed by atoms with van der Waals surface area (Å²) in [6.45, 7) is 9.59. The smallest absolute Gasteiger partial charge is 0.271 e. The summed E-state index contributed by atoms with van der Waals surface area (Å²) in [5.74, 6) is 0. The first-order valence-corrected chi connectivity index (χ1v) is 5.85. The van der Waals surface area contributed by atoms with Crippen molar-refractivity contribution in [2.24, 2.45) is 0 Å². The van der Waals surface area contributed by atoms with Crippen LogP contribution in [0.5, 0.6) is 0 Å². The molecule has 0 aromatic rings. The average molecular weight is 243 g/mol. The lowest BCUT2D eigenvalue weighted by molar-refractivity contribution is -0.536. The van der Waals surface area contributed by atoms with Gasteiger partial charge >= 0.3 is 0 Å². The number of hydrogen-bond donors (Lipinski definition) is 1. The van der Waals surface area contributed by atoms with Crippen LogP contribution >= 0.6 is 24.0 Å². The van der Waals surface area contributed by atoms with E-state index in [0.29, 0.717) is 15.7 Å². The second kappa shape index (κ2) is 3.12. The van der Waals surface area contributed by atoms with E-state index in [0.717, 1.165) is 4.74 Å². The van der Waals surface area contributed by atoms with Gasteiger partial charge in [0.2, 0.25) is 5.71 Å². The van der Waals surface area contributed by atoms with Crippen LogP contribution < -0.4 is 5.43 Å². The fourth-order valence-electron chi connectivity index (χ4n) is 1.77. The zero-order valence-electron chi connectivity index (χ0n) is 8.90. The van der Waals surface area contributed by atoms with E-state index < -0.39 is 0 Å². The van der Waals surface area contributed by atoms with Gasteiger partial charge in [-0.3, -0.25) is 5.43 Å². The maximum absolute atomic E-state index is 12.0. The third-order valence-corrected chi connectivity index (χ3v) is 4.21. The van der Waals surface area contributed by atoms with Gasteiger partial charge in [-0.05, 0) is 13.8 Å². The Hall–Kier alpha value is -0.750. The molecule has 1 fully saturated rings. The van der Waals surface area contributed by atoms with E-state index >= 15 is 0 Å². The summed E-state index contributed by atoms with van der Waals surface area (Å²) in [5, 5.41) is 13.8. The summed E-state index contributed by atoms with van der Waals surface area (Å²) < 4.78 is 1.47. The molecule has 82 valence electrons. The molecule has 4 nitrogen and oxygen atoms in total. The second-order valence-corrected chi connectivity index (χ2v) is 6.50. The lowest BCUT2D eigenvalue weighted by Crippen LogP contribution is -2.58. The minimum absolute atomic E-state index is 0.214. The molecule has 0 aromatic carbocycles. The van der Waals surface area contributed by atoms with Crippen LogP contribution in [0, 0.1) is 5.21 Å². The van der Waals surface area contributed by atoms with E-state index in [9.17, 15) is 5.21 Å². The molecule has 0 amide bonds. The Labute approximate surface area is 98.6 Å². The van der Waals surface area contributed by atoms with Crippen molar-refractivity contribution >= 4 is 34.0 Å². The first-order chi connectivity index (χ1) is 6.84. The van der Waals surface area contributed by atoms with Gasteiger partial charge in [-0.2, -0.15) is 4.74 Å². The van der Waals surface area contributed by atoms with E-state index in [-0.39, 0.29) is 10.9 Å². The number of hydroxylamine groups is 1. The summed E-state index contributed by atoms with van der Waals surface area (Å²) in [7, 11) is 0. The van der Waals surface area contributed by atoms with Crippen LogP contribution in [0.25, 0.3) is 0 Å². The van der Waals surface area contributed by atoms with E-state index in [2.05, 4.69) is 12.0 Å². The standard InChI is InChI=1S/C9H13N3OS2/c1-5-6(2)12(13)7-9(3,4)15-8(14)11(7)10-5/h7,10H,1H2,2-4H3/t7-/m1/s1. The molecule has 1 N–H and O–H groups in total. The number of nitrogens with one attached hydrogen (secondary N) is 1. The van der Waals surface area contributed by atoms with Gasteiger partial charge in [-0.15, -0.1) is 0 Å². The van der Waals surface area contributed by atoms with Gasteiger partial charge in [0.15, 0.2) is 4.32 Å². The lowest BCUT2D eigenvalue weighted by Gasteiger charge is -2.35. The Morgan fingerprint density at radius 2 is 2.27 bits per heavy atom. The van der Waals surface area contributed by atoms with Gasteiger partial charge < -0.3 is 5.21 Å². The number of thioether (sulfide) groups is 1. The van der Waals surface area contributed by atoms with Gasteiger partial charge in [0.1, 0.15) is 10.4 Å². The minimum Gasteiger partial charge on any atom is -0.622 e.